The van der Waals surface area contributed by atoms with Gasteiger partial charge in [-0.1, -0.05) is 49.9 Å². The van der Waals surface area contributed by atoms with Crippen LogP contribution < -0.4 is 15.0 Å². The van der Waals surface area contributed by atoms with Crippen LogP contribution in [0, 0.1) is 5.82 Å². The van der Waals surface area contributed by atoms with Crippen LogP contribution in [0.2, 0.25) is 0 Å². The molecule has 0 spiro atoms. The number of alkyl halides is 3. The van der Waals surface area contributed by atoms with Gasteiger partial charge in [0.1, 0.15) is 17.9 Å². The fourth-order valence-electron chi connectivity index (χ4n) is 4.57. The first-order valence-electron chi connectivity index (χ1n) is 13.6. The molecule has 1 N–H and O–H groups in total. The Morgan fingerprint density at radius 3 is 2.50 bits per heavy atom. The van der Waals surface area contributed by atoms with Crippen molar-refractivity contribution >= 4 is 34.7 Å². The molecule has 44 heavy (non-hydrogen) atoms. The fraction of sp³-hybridized carbons (Fsp3) is 0.226. The third-order valence-electron chi connectivity index (χ3n) is 6.56. The second-order valence-electron chi connectivity index (χ2n) is 10.2. The van der Waals surface area contributed by atoms with E-state index in [1.54, 1.807) is 19.1 Å². The highest BCUT2D eigenvalue weighted by molar-refractivity contribution is 8.14. The van der Waals surface area contributed by atoms with E-state index in [9.17, 15) is 22.4 Å². The molecule has 13 heteroatoms. The first-order valence-corrected chi connectivity index (χ1v) is 14.6. The second kappa shape index (κ2) is 12.9. The topological polar surface area (TPSA) is 84.6 Å². The summed E-state index contributed by atoms with van der Waals surface area (Å²) in [4.78, 5) is 23.3. The molecule has 0 unspecified atom stereocenters. The van der Waals surface area contributed by atoms with Crippen LogP contribution in [0.3, 0.4) is 0 Å². The van der Waals surface area contributed by atoms with Crippen LogP contribution in [0.5, 0.6) is 5.75 Å². The normalized spacial score (nSPS) is 14.9. The van der Waals surface area contributed by atoms with Gasteiger partial charge >= 0.3 is 12.4 Å². The zero-order chi connectivity index (χ0) is 31.4. The molecule has 2 amide bonds. The number of rotatable bonds is 7. The Kier molecular flexibility index (Phi) is 9.04. The van der Waals surface area contributed by atoms with Crippen LogP contribution >= 0.6 is 11.8 Å². The number of nitrogens with zero attached hydrogens (tertiary/aromatic N) is 5. The number of urea groups is 1. The molecular formula is C31H28F4N6O2S. The molecular weight excluding hydrogens is 596 g/mol. The number of amidine groups is 1. The maximum atomic E-state index is 13.9. The van der Waals surface area contributed by atoms with E-state index in [0.717, 1.165) is 28.1 Å². The predicted octanol–water partition coefficient (Wildman–Crippen LogP) is 7.78. The quantitative estimate of drug-likeness (QED) is 0.212. The Morgan fingerprint density at radius 1 is 1.09 bits per heavy atom. The number of thioether (sulfide) groups is 1. The first-order chi connectivity index (χ1) is 20.9. The van der Waals surface area contributed by atoms with Crippen LogP contribution in [0.4, 0.5) is 28.0 Å². The Bertz CT molecular complexity index is 1700. The number of ether oxygens (including phenoxy) is 1. The molecule has 0 bridgehead atoms. The molecule has 8 nitrogen and oxygen atoms in total. The van der Waals surface area contributed by atoms with Crippen LogP contribution in [-0.4, -0.2) is 44.6 Å². The maximum absolute atomic E-state index is 13.9. The van der Waals surface area contributed by atoms with Crippen molar-refractivity contribution in [2.45, 2.75) is 33.1 Å². The molecule has 4 aromatic rings. The van der Waals surface area contributed by atoms with Gasteiger partial charge in [0.15, 0.2) is 11.0 Å². The molecule has 1 fully saturated rings. The SMILES string of the molecule is C/C(=C\c1ccc(-c2ncn(-c3ccc(OC(F)(F)F)cc3)n2)cc1)NC(=O)/N=C1\SCCN1c1ccc(F)cc1C(C)C. The first kappa shape index (κ1) is 30.8. The summed E-state index contributed by atoms with van der Waals surface area (Å²) in [7, 11) is 0. The summed E-state index contributed by atoms with van der Waals surface area (Å²) in [6, 6.07) is 16.8. The number of carbonyl (C=O) groups is 1. The van der Waals surface area contributed by atoms with Crippen molar-refractivity contribution < 1.29 is 27.1 Å². The minimum Gasteiger partial charge on any atom is -0.406 e. The van der Waals surface area contributed by atoms with E-state index >= 15 is 0 Å². The van der Waals surface area contributed by atoms with Crippen molar-refractivity contribution in [3.8, 4) is 22.8 Å². The molecule has 5 rings (SSSR count). The fourth-order valence-corrected chi connectivity index (χ4v) is 5.52. The van der Waals surface area contributed by atoms with Crippen LogP contribution in [0.15, 0.2) is 83.7 Å². The zero-order valence-corrected chi connectivity index (χ0v) is 24.8. The lowest BCUT2D eigenvalue weighted by atomic mass is 10.0. The average molecular weight is 625 g/mol. The monoisotopic (exact) mass is 624 g/mol. The summed E-state index contributed by atoms with van der Waals surface area (Å²) < 4.78 is 56.4. The van der Waals surface area contributed by atoms with Gasteiger partial charge in [0, 0.05) is 29.2 Å². The van der Waals surface area contributed by atoms with Crippen molar-refractivity contribution in [3.05, 3.63) is 95.7 Å². The molecule has 0 saturated carbocycles. The van der Waals surface area contributed by atoms with Gasteiger partial charge in [-0.2, -0.15) is 4.99 Å². The zero-order valence-electron chi connectivity index (χ0n) is 24.0. The van der Waals surface area contributed by atoms with Crippen molar-refractivity contribution in [3.63, 3.8) is 0 Å². The lowest BCUT2D eigenvalue weighted by molar-refractivity contribution is -0.274. The molecule has 228 valence electrons. The molecule has 0 atom stereocenters. The predicted molar refractivity (Wildman–Crippen MR) is 163 cm³/mol. The van der Waals surface area contributed by atoms with Crippen molar-refractivity contribution in [2.75, 3.05) is 17.2 Å². The van der Waals surface area contributed by atoms with Gasteiger partial charge in [-0.25, -0.2) is 18.9 Å². The maximum Gasteiger partial charge on any atom is 0.573 e. The number of allylic oxidation sites excluding steroid dienone is 1. The summed E-state index contributed by atoms with van der Waals surface area (Å²) >= 11 is 1.47. The van der Waals surface area contributed by atoms with Gasteiger partial charge in [-0.3, -0.25) is 0 Å². The highest BCUT2D eigenvalue weighted by Gasteiger charge is 2.31. The smallest absolute Gasteiger partial charge is 0.406 e. The van der Waals surface area contributed by atoms with Gasteiger partial charge < -0.3 is 15.0 Å². The number of amides is 2. The third-order valence-corrected chi connectivity index (χ3v) is 7.52. The Morgan fingerprint density at radius 2 is 1.82 bits per heavy atom. The average Bonchev–Trinajstić information content (AvgIpc) is 3.63. The van der Waals surface area contributed by atoms with Gasteiger partial charge in [0.2, 0.25) is 0 Å². The molecule has 1 aromatic heterocycles. The Hall–Kier alpha value is -4.65. The van der Waals surface area contributed by atoms with Gasteiger partial charge in [-0.05, 0) is 72.5 Å². The van der Waals surface area contributed by atoms with Crippen LogP contribution in [0.25, 0.3) is 23.2 Å². The number of halogens is 4. The minimum atomic E-state index is -4.76. The van der Waals surface area contributed by atoms with Gasteiger partial charge in [0.05, 0.1) is 5.69 Å². The summed E-state index contributed by atoms with van der Waals surface area (Å²) in [5.74, 6) is 0.670. The van der Waals surface area contributed by atoms with E-state index < -0.39 is 12.4 Å². The van der Waals surface area contributed by atoms with Crippen molar-refractivity contribution in [2.24, 2.45) is 4.99 Å². The molecule has 0 aliphatic carbocycles. The molecule has 1 aliphatic rings. The summed E-state index contributed by atoms with van der Waals surface area (Å²) in [6.45, 7) is 6.42. The lowest BCUT2D eigenvalue weighted by Gasteiger charge is -2.23. The highest BCUT2D eigenvalue weighted by Crippen LogP contribution is 2.33. The lowest BCUT2D eigenvalue weighted by Crippen LogP contribution is -2.28. The van der Waals surface area contributed by atoms with Crippen molar-refractivity contribution in [1.82, 2.24) is 20.1 Å². The molecule has 3 aromatic carbocycles. The van der Waals surface area contributed by atoms with E-state index in [1.165, 1.54) is 59.2 Å². The Balaban J connectivity index is 1.23. The molecule has 1 aliphatic heterocycles. The number of aliphatic imine (C=N–C) groups is 1. The van der Waals surface area contributed by atoms with E-state index in [4.69, 9.17) is 0 Å². The van der Waals surface area contributed by atoms with E-state index in [-0.39, 0.29) is 17.5 Å². The molecule has 0 radical (unpaired) electrons. The van der Waals surface area contributed by atoms with E-state index in [0.29, 0.717) is 28.9 Å². The second-order valence-corrected chi connectivity index (χ2v) is 11.2. The largest absolute Gasteiger partial charge is 0.573 e. The van der Waals surface area contributed by atoms with E-state index in [1.807, 2.05) is 43.0 Å². The number of hydrogen-bond acceptors (Lipinski definition) is 5. The number of anilines is 1. The standard InChI is InChI=1S/C31H28F4N6O2S/c1-19(2)26-17-23(32)8-13-27(26)40-14-15-44-30(40)38-29(42)37-20(3)16-21-4-6-22(7-5-21)28-36-18-41(39-28)24-9-11-25(12-10-24)43-31(33,34)35/h4-13,16-19H,14-15H2,1-3H3,(H,37,42)/b20-16+,38-30-. The number of benzene rings is 3. The highest BCUT2D eigenvalue weighted by atomic mass is 32.2. The number of hydrogen-bond donors (Lipinski definition) is 1. The van der Waals surface area contributed by atoms with Crippen LogP contribution in [0.1, 0.15) is 37.8 Å². The summed E-state index contributed by atoms with van der Waals surface area (Å²) in [6.07, 6.45) is -1.50. The van der Waals surface area contributed by atoms with Crippen LogP contribution in [-0.2, 0) is 0 Å². The van der Waals surface area contributed by atoms with E-state index in [2.05, 4.69) is 25.1 Å². The number of nitrogens with one attached hydrogen (secondary N) is 1. The van der Waals surface area contributed by atoms with Gasteiger partial charge in [-0.15, -0.1) is 18.3 Å². The van der Waals surface area contributed by atoms with Gasteiger partial charge in [0.25, 0.3) is 0 Å². The molecule has 2 heterocycles. The Labute approximate surface area is 255 Å². The summed E-state index contributed by atoms with van der Waals surface area (Å²) in [5.41, 5.74) is 4.36. The molecule has 1 saturated heterocycles. The number of carbonyl (C=O) groups excluding carboxylic acids is 1. The summed E-state index contributed by atoms with van der Waals surface area (Å²) in [5, 5.41) is 7.77. The minimum absolute atomic E-state index is 0.104. The third kappa shape index (κ3) is 7.64. The van der Waals surface area contributed by atoms with Crippen molar-refractivity contribution in [1.29, 1.82) is 0 Å². The number of aromatic nitrogens is 3.